The second-order valence-corrected chi connectivity index (χ2v) is 8.78. The van der Waals surface area contributed by atoms with Crippen LogP contribution in [-0.2, 0) is 6.18 Å². The molecular weight excluding hydrogens is 493 g/mol. The van der Waals surface area contributed by atoms with Crippen molar-refractivity contribution in [3.63, 3.8) is 0 Å². The van der Waals surface area contributed by atoms with Crippen molar-refractivity contribution in [1.82, 2.24) is 25.3 Å². The van der Waals surface area contributed by atoms with Crippen LogP contribution in [0.25, 0.3) is 11.0 Å². The summed E-state index contributed by atoms with van der Waals surface area (Å²) in [5.74, 6) is -0.599. The highest BCUT2D eigenvalue weighted by molar-refractivity contribution is 7.13. The fourth-order valence-corrected chi connectivity index (χ4v) is 4.14. The third kappa shape index (κ3) is 5.02. The fourth-order valence-electron chi connectivity index (χ4n) is 3.12. The van der Waals surface area contributed by atoms with Crippen molar-refractivity contribution in [2.75, 3.05) is 5.32 Å². The van der Waals surface area contributed by atoms with Crippen molar-refractivity contribution < 1.29 is 22.8 Å². The molecule has 1 atom stereocenters. The molecule has 34 heavy (non-hydrogen) atoms. The van der Waals surface area contributed by atoms with Crippen molar-refractivity contribution in [2.45, 2.75) is 26.1 Å². The van der Waals surface area contributed by atoms with Gasteiger partial charge >= 0.3 is 6.18 Å². The van der Waals surface area contributed by atoms with Gasteiger partial charge in [-0.1, -0.05) is 11.6 Å². The molecule has 0 saturated carbocycles. The van der Waals surface area contributed by atoms with Gasteiger partial charge in [0.25, 0.3) is 11.8 Å². The summed E-state index contributed by atoms with van der Waals surface area (Å²) < 4.78 is 39.0. The van der Waals surface area contributed by atoms with Crippen molar-refractivity contribution in [2.24, 2.45) is 0 Å². The molecule has 0 fully saturated rings. The topological polar surface area (TPSA) is 113 Å². The summed E-state index contributed by atoms with van der Waals surface area (Å²) in [5.41, 5.74) is 0.793. The Labute approximate surface area is 199 Å². The molecular formula is C21H16ClF3N6O2S. The molecule has 0 aliphatic heterocycles. The molecule has 4 rings (SSSR count). The van der Waals surface area contributed by atoms with Gasteiger partial charge < -0.3 is 15.6 Å². The van der Waals surface area contributed by atoms with Crippen LogP contribution in [0.15, 0.2) is 36.7 Å². The SMILES string of the molecule is Cc1nc2ccc(C(=O)N[C@H](C)c3ncc(C(=O)Nc4cc(C(F)(F)F)c(Cl)cn4)s3)cc2[nH]1. The molecule has 2 amide bonds. The maximum atomic E-state index is 13.0. The Morgan fingerprint density at radius 1 is 1.15 bits per heavy atom. The zero-order valence-electron chi connectivity index (χ0n) is 17.6. The monoisotopic (exact) mass is 508 g/mol. The average Bonchev–Trinajstić information content (AvgIpc) is 3.39. The summed E-state index contributed by atoms with van der Waals surface area (Å²) in [4.78, 5) is 40.5. The lowest BCUT2D eigenvalue weighted by Crippen LogP contribution is -2.26. The molecule has 13 heteroatoms. The highest BCUT2D eigenvalue weighted by atomic mass is 35.5. The maximum Gasteiger partial charge on any atom is 0.418 e. The molecule has 3 aromatic heterocycles. The molecule has 0 bridgehead atoms. The van der Waals surface area contributed by atoms with Gasteiger partial charge in [-0.15, -0.1) is 11.3 Å². The molecule has 3 heterocycles. The van der Waals surface area contributed by atoms with Gasteiger partial charge in [-0.05, 0) is 38.1 Å². The van der Waals surface area contributed by atoms with Crippen LogP contribution in [0.4, 0.5) is 19.0 Å². The largest absolute Gasteiger partial charge is 0.418 e. The number of pyridine rings is 1. The maximum absolute atomic E-state index is 13.0. The first kappa shape index (κ1) is 23.6. The molecule has 0 aliphatic carbocycles. The van der Waals surface area contributed by atoms with Crippen LogP contribution < -0.4 is 10.6 Å². The molecule has 0 aliphatic rings. The highest BCUT2D eigenvalue weighted by Crippen LogP contribution is 2.35. The van der Waals surface area contributed by atoms with E-state index in [2.05, 4.69) is 30.6 Å². The summed E-state index contributed by atoms with van der Waals surface area (Å²) in [6, 6.07) is 5.21. The van der Waals surface area contributed by atoms with Gasteiger partial charge in [-0.2, -0.15) is 13.2 Å². The third-order valence-corrected chi connectivity index (χ3v) is 6.21. The quantitative estimate of drug-likeness (QED) is 0.345. The number of anilines is 1. The van der Waals surface area contributed by atoms with Crippen LogP contribution in [0, 0.1) is 6.92 Å². The predicted octanol–water partition coefficient (Wildman–Crippen LogP) is 5.14. The van der Waals surface area contributed by atoms with Gasteiger partial charge in [0, 0.05) is 11.8 Å². The van der Waals surface area contributed by atoms with Crippen molar-refractivity contribution in [3.8, 4) is 0 Å². The van der Waals surface area contributed by atoms with E-state index >= 15 is 0 Å². The molecule has 4 aromatic rings. The molecule has 176 valence electrons. The molecule has 3 N–H and O–H groups in total. The molecule has 0 saturated heterocycles. The molecule has 0 spiro atoms. The number of imidazole rings is 1. The summed E-state index contributed by atoms with van der Waals surface area (Å²) in [6.07, 6.45) is -2.60. The minimum atomic E-state index is -4.69. The van der Waals surface area contributed by atoms with E-state index in [1.165, 1.54) is 6.20 Å². The number of alkyl halides is 3. The van der Waals surface area contributed by atoms with Crippen molar-refractivity contribution in [3.05, 3.63) is 68.5 Å². The number of benzene rings is 1. The lowest BCUT2D eigenvalue weighted by Gasteiger charge is -2.11. The van der Waals surface area contributed by atoms with E-state index in [0.717, 1.165) is 34.4 Å². The van der Waals surface area contributed by atoms with Crippen LogP contribution in [0.5, 0.6) is 0 Å². The first-order valence-corrected chi connectivity index (χ1v) is 11.0. The van der Waals surface area contributed by atoms with Gasteiger partial charge in [-0.3, -0.25) is 9.59 Å². The number of aromatic nitrogens is 4. The Balaban J connectivity index is 1.43. The Bertz CT molecular complexity index is 1400. The second kappa shape index (κ2) is 9.03. The smallest absolute Gasteiger partial charge is 0.343 e. The van der Waals surface area contributed by atoms with E-state index in [0.29, 0.717) is 16.6 Å². The van der Waals surface area contributed by atoms with E-state index < -0.39 is 28.7 Å². The van der Waals surface area contributed by atoms with Crippen LogP contribution >= 0.6 is 22.9 Å². The predicted molar refractivity (Wildman–Crippen MR) is 121 cm³/mol. The highest BCUT2D eigenvalue weighted by Gasteiger charge is 2.34. The van der Waals surface area contributed by atoms with Gasteiger partial charge in [-0.25, -0.2) is 15.0 Å². The first-order valence-electron chi connectivity index (χ1n) is 9.78. The number of halogens is 4. The Hall–Kier alpha value is -3.51. The number of aromatic amines is 1. The number of rotatable bonds is 5. The minimum absolute atomic E-state index is 0.135. The van der Waals surface area contributed by atoms with E-state index in [9.17, 15) is 22.8 Å². The average molecular weight is 509 g/mol. The van der Waals surface area contributed by atoms with Crippen molar-refractivity contribution in [1.29, 1.82) is 0 Å². The number of carbonyl (C=O) groups excluding carboxylic acids is 2. The van der Waals surface area contributed by atoms with Crippen LogP contribution in [-0.4, -0.2) is 31.8 Å². The third-order valence-electron chi connectivity index (χ3n) is 4.73. The van der Waals surface area contributed by atoms with E-state index in [1.807, 2.05) is 6.92 Å². The Morgan fingerprint density at radius 2 is 1.91 bits per heavy atom. The summed E-state index contributed by atoms with van der Waals surface area (Å²) >= 11 is 6.54. The van der Waals surface area contributed by atoms with Gasteiger partial charge in [0.2, 0.25) is 0 Å². The number of hydrogen-bond donors (Lipinski definition) is 3. The van der Waals surface area contributed by atoms with E-state index in [-0.39, 0.29) is 16.6 Å². The summed E-state index contributed by atoms with van der Waals surface area (Å²) in [7, 11) is 0. The number of amides is 2. The van der Waals surface area contributed by atoms with Gasteiger partial charge in [0.15, 0.2) is 0 Å². The van der Waals surface area contributed by atoms with Crippen LogP contribution in [0.3, 0.4) is 0 Å². The van der Waals surface area contributed by atoms with Crippen LogP contribution in [0.2, 0.25) is 5.02 Å². The lowest BCUT2D eigenvalue weighted by atomic mass is 10.2. The number of thiazole rings is 1. The van der Waals surface area contributed by atoms with Crippen LogP contribution in [0.1, 0.15) is 49.4 Å². The molecule has 0 unspecified atom stereocenters. The summed E-state index contributed by atoms with van der Waals surface area (Å²) in [6.45, 7) is 3.52. The number of fused-ring (bicyclic) bond motifs is 1. The Morgan fingerprint density at radius 3 is 2.65 bits per heavy atom. The fraction of sp³-hybridized carbons (Fsp3) is 0.190. The van der Waals surface area contributed by atoms with Gasteiger partial charge in [0.05, 0.1) is 33.9 Å². The molecule has 1 aromatic carbocycles. The number of nitrogens with zero attached hydrogens (tertiary/aromatic N) is 3. The lowest BCUT2D eigenvalue weighted by molar-refractivity contribution is -0.137. The number of aryl methyl sites for hydroxylation is 1. The zero-order chi connectivity index (χ0) is 24.6. The number of nitrogens with one attached hydrogen (secondary N) is 3. The number of hydrogen-bond acceptors (Lipinski definition) is 6. The standard InChI is InChI=1S/C21H16ClF3N6O2S/c1-9(28-18(32)11-3-4-14-15(5-11)30-10(2)29-14)20-27-8-16(34-20)19(33)31-17-6-12(21(23,24)25)13(22)7-26-17/h3-9H,1-2H3,(H,28,32)(H,29,30)(H,26,31,33)/t9-/m1/s1. The second-order valence-electron chi connectivity index (χ2n) is 7.31. The number of carbonyl (C=O) groups is 2. The van der Waals surface area contributed by atoms with E-state index in [1.54, 1.807) is 25.1 Å². The van der Waals surface area contributed by atoms with Gasteiger partial charge in [0.1, 0.15) is 21.5 Å². The van der Waals surface area contributed by atoms with Crippen molar-refractivity contribution >= 4 is 51.6 Å². The molecule has 0 radical (unpaired) electrons. The number of H-pyrrole nitrogens is 1. The normalized spacial score (nSPS) is 12.5. The Kier molecular flexibility index (Phi) is 6.28. The first-order chi connectivity index (χ1) is 16.0. The minimum Gasteiger partial charge on any atom is -0.343 e. The summed E-state index contributed by atoms with van der Waals surface area (Å²) in [5, 5.41) is 4.98. The molecule has 8 nitrogen and oxygen atoms in total. The van der Waals surface area contributed by atoms with E-state index in [4.69, 9.17) is 11.6 Å². The zero-order valence-corrected chi connectivity index (χ0v) is 19.2.